The van der Waals surface area contributed by atoms with E-state index >= 15 is 0 Å². The van der Waals surface area contributed by atoms with Crippen LogP contribution in [0.5, 0.6) is 5.75 Å². The van der Waals surface area contributed by atoms with E-state index in [-0.39, 0.29) is 18.1 Å². The molecule has 0 aliphatic carbocycles. The van der Waals surface area contributed by atoms with Gasteiger partial charge in [-0.15, -0.1) is 0 Å². The molecule has 2 atom stereocenters. The molecule has 0 aromatic heterocycles. The van der Waals surface area contributed by atoms with Gasteiger partial charge in [0.05, 0.1) is 18.4 Å². The Morgan fingerprint density at radius 2 is 1.96 bits per heavy atom. The number of rotatable bonds is 2. The van der Waals surface area contributed by atoms with Crippen LogP contribution in [0.15, 0.2) is 42.5 Å². The van der Waals surface area contributed by atoms with E-state index in [1.165, 1.54) is 0 Å². The standard InChI is InChI=1S/C18H19N3O2/c1-23-15-8-3-2-5-12(15)17-20-18(22)13-7-4-6-11-14(19)9-10-21(17)16(11)13/h2-8,14,17H,9-10,19H2,1H3,(H,20,22)/t14-,17+/m0/s1. The smallest absolute Gasteiger partial charge is 0.255 e. The molecular weight excluding hydrogens is 290 g/mol. The van der Waals surface area contributed by atoms with E-state index in [1.807, 2.05) is 42.5 Å². The molecule has 5 nitrogen and oxygen atoms in total. The van der Waals surface area contributed by atoms with Gasteiger partial charge in [-0.1, -0.05) is 30.3 Å². The lowest BCUT2D eigenvalue weighted by Gasteiger charge is -2.44. The van der Waals surface area contributed by atoms with Crippen molar-refractivity contribution in [2.24, 2.45) is 5.73 Å². The number of amides is 1. The number of benzene rings is 2. The molecule has 2 aliphatic rings. The van der Waals surface area contributed by atoms with Crippen molar-refractivity contribution in [2.75, 3.05) is 18.6 Å². The normalized spacial score (nSPS) is 22.3. The number of para-hydroxylation sites is 2. The molecule has 118 valence electrons. The summed E-state index contributed by atoms with van der Waals surface area (Å²) in [5.74, 6) is 0.705. The number of carbonyl (C=O) groups is 1. The number of nitrogens with two attached hydrogens (primary N) is 1. The van der Waals surface area contributed by atoms with Crippen LogP contribution in [0.2, 0.25) is 0 Å². The van der Waals surface area contributed by atoms with E-state index in [9.17, 15) is 4.79 Å². The van der Waals surface area contributed by atoms with Crippen LogP contribution in [0.1, 0.15) is 40.1 Å². The van der Waals surface area contributed by atoms with E-state index in [0.29, 0.717) is 5.56 Å². The topological polar surface area (TPSA) is 67.6 Å². The molecule has 0 saturated heterocycles. The fourth-order valence-electron chi connectivity index (χ4n) is 3.59. The number of hydrogen-bond donors (Lipinski definition) is 2. The van der Waals surface area contributed by atoms with Crippen LogP contribution in [0.3, 0.4) is 0 Å². The summed E-state index contributed by atoms with van der Waals surface area (Å²) in [5.41, 5.74) is 9.92. The number of ether oxygens (including phenoxy) is 1. The fourth-order valence-corrected chi connectivity index (χ4v) is 3.59. The highest BCUT2D eigenvalue weighted by atomic mass is 16.5. The zero-order valence-electron chi connectivity index (χ0n) is 13.0. The second-order valence-corrected chi connectivity index (χ2v) is 5.95. The number of anilines is 1. The highest BCUT2D eigenvalue weighted by Crippen LogP contribution is 2.43. The van der Waals surface area contributed by atoms with Crippen LogP contribution in [-0.4, -0.2) is 19.6 Å². The third-order valence-electron chi connectivity index (χ3n) is 4.69. The summed E-state index contributed by atoms with van der Waals surface area (Å²) in [6.07, 6.45) is 0.623. The Hall–Kier alpha value is -2.53. The van der Waals surface area contributed by atoms with Gasteiger partial charge >= 0.3 is 0 Å². The lowest BCUT2D eigenvalue weighted by atomic mass is 9.90. The quantitative estimate of drug-likeness (QED) is 0.893. The van der Waals surface area contributed by atoms with Gasteiger partial charge in [0.25, 0.3) is 5.91 Å². The van der Waals surface area contributed by atoms with Gasteiger partial charge in [-0.05, 0) is 24.1 Å². The Morgan fingerprint density at radius 3 is 2.78 bits per heavy atom. The van der Waals surface area contributed by atoms with Crippen LogP contribution >= 0.6 is 0 Å². The van der Waals surface area contributed by atoms with Gasteiger partial charge in [-0.3, -0.25) is 4.79 Å². The number of carbonyl (C=O) groups excluding carboxylic acids is 1. The minimum absolute atomic E-state index is 0.0228. The second kappa shape index (κ2) is 5.28. The van der Waals surface area contributed by atoms with Crippen molar-refractivity contribution in [3.8, 4) is 5.75 Å². The Kier molecular flexibility index (Phi) is 3.23. The van der Waals surface area contributed by atoms with Gasteiger partial charge in [-0.2, -0.15) is 0 Å². The zero-order chi connectivity index (χ0) is 16.0. The molecule has 4 rings (SSSR count). The molecule has 1 amide bonds. The van der Waals surface area contributed by atoms with Crippen LogP contribution in [0.4, 0.5) is 5.69 Å². The molecule has 0 unspecified atom stereocenters. The van der Waals surface area contributed by atoms with Crippen molar-refractivity contribution in [3.05, 3.63) is 59.2 Å². The lowest BCUT2D eigenvalue weighted by molar-refractivity contribution is 0.0924. The molecule has 2 aromatic carbocycles. The van der Waals surface area contributed by atoms with Gasteiger partial charge in [0.2, 0.25) is 0 Å². The summed E-state index contributed by atoms with van der Waals surface area (Å²) >= 11 is 0. The Labute approximate surface area is 135 Å². The van der Waals surface area contributed by atoms with Crippen molar-refractivity contribution in [1.29, 1.82) is 0 Å². The minimum Gasteiger partial charge on any atom is -0.496 e. The van der Waals surface area contributed by atoms with Gasteiger partial charge in [0.1, 0.15) is 11.9 Å². The van der Waals surface area contributed by atoms with Gasteiger partial charge in [0, 0.05) is 18.2 Å². The predicted octanol–water partition coefficient (Wildman–Crippen LogP) is 2.35. The third kappa shape index (κ3) is 2.08. The number of hydrogen-bond acceptors (Lipinski definition) is 4. The van der Waals surface area contributed by atoms with Crippen molar-refractivity contribution in [3.63, 3.8) is 0 Å². The van der Waals surface area contributed by atoms with Crippen molar-refractivity contribution < 1.29 is 9.53 Å². The second-order valence-electron chi connectivity index (χ2n) is 5.95. The highest BCUT2D eigenvalue weighted by molar-refractivity contribution is 6.03. The van der Waals surface area contributed by atoms with Crippen LogP contribution < -0.4 is 20.7 Å². The first-order valence-corrected chi connectivity index (χ1v) is 7.79. The number of methoxy groups -OCH3 is 1. The van der Waals surface area contributed by atoms with E-state index < -0.39 is 0 Å². The molecule has 5 heteroatoms. The summed E-state index contributed by atoms with van der Waals surface area (Å²) in [6, 6.07) is 13.6. The van der Waals surface area contributed by atoms with Crippen LogP contribution in [-0.2, 0) is 0 Å². The van der Waals surface area contributed by atoms with Crippen molar-refractivity contribution in [2.45, 2.75) is 18.6 Å². The molecule has 2 heterocycles. The minimum atomic E-state index is -0.236. The molecule has 2 aromatic rings. The van der Waals surface area contributed by atoms with Gasteiger partial charge in [0.15, 0.2) is 0 Å². The molecule has 0 radical (unpaired) electrons. The maximum atomic E-state index is 12.6. The van der Waals surface area contributed by atoms with Crippen LogP contribution in [0.25, 0.3) is 0 Å². The Bertz CT molecular complexity index is 775. The van der Waals surface area contributed by atoms with E-state index in [4.69, 9.17) is 10.5 Å². The molecule has 0 fully saturated rings. The van der Waals surface area contributed by atoms with Crippen molar-refractivity contribution in [1.82, 2.24) is 5.32 Å². The molecule has 23 heavy (non-hydrogen) atoms. The highest BCUT2D eigenvalue weighted by Gasteiger charge is 2.37. The SMILES string of the molecule is COc1ccccc1[C@@H]1NC(=O)c2cccc3c2N1CC[C@@H]3N. The summed E-state index contributed by atoms with van der Waals surface area (Å²) < 4.78 is 5.48. The maximum Gasteiger partial charge on any atom is 0.255 e. The zero-order valence-corrected chi connectivity index (χ0v) is 13.0. The van der Waals surface area contributed by atoms with Crippen LogP contribution in [0, 0.1) is 0 Å². The fraction of sp³-hybridized carbons (Fsp3) is 0.278. The van der Waals surface area contributed by atoms with Crippen molar-refractivity contribution >= 4 is 11.6 Å². The molecule has 2 aliphatic heterocycles. The maximum absolute atomic E-state index is 12.6. The first-order valence-electron chi connectivity index (χ1n) is 7.79. The summed E-state index contributed by atoms with van der Waals surface area (Å²) in [6.45, 7) is 0.800. The van der Waals surface area contributed by atoms with Gasteiger partial charge < -0.3 is 20.7 Å². The lowest BCUT2D eigenvalue weighted by Crippen LogP contribution is -2.49. The molecule has 3 N–H and O–H groups in total. The van der Waals surface area contributed by atoms with Gasteiger partial charge in [-0.25, -0.2) is 0 Å². The number of nitrogens with zero attached hydrogens (tertiary/aromatic N) is 1. The average Bonchev–Trinajstić information content (AvgIpc) is 2.60. The van der Waals surface area contributed by atoms with E-state index in [1.54, 1.807) is 7.11 Å². The number of nitrogens with one attached hydrogen (secondary N) is 1. The summed E-state index contributed by atoms with van der Waals surface area (Å²) in [4.78, 5) is 14.8. The predicted molar refractivity (Wildman–Crippen MR) is 88.5 cm³/mol. The first-order chi connectivity index (χ1) is 11.2. The summed E-state index contributed by atoms with van der Waals surface area (Å²) in [5, 5.41) is 3.11. The molecule has 0 spiro atoms. The molecule has 0 saturated carbocycles. The first kappa shape index (κ1) is 14.1. The largest absolute Gasteiger partial charge is 0.496 e. The monoisotopic (exact) mass is 309 g/mol. The summed E-state index contributed by atoms with van der Waals surface area (Å²) in [7, 11) is 1.65. The Balaban J connectivity index is 1.88. The van der Waals surface area contributed by atoms with E-state index in [2.05, 4.69) is 10.2 Å². The third-order valence-corrected chi connectivity index (χ3v) is 4.69. The average molecular weight is 309 g/mol. The van der Waals surface area contributed by atoms with E-state index in [0.717, 1.165) is 35.5 Å². The molecule has 0 bridgehead atoms. The molecular formula is C18H19N3O2. The Morgan fingerprint density at radius 1 is 1.17 bits per heavy atom.